The molecule has 0 amide bonds. The maximum atomic E-state index is 12.7. The molecular formula is C49H94O6. The Kier molecular flexibility index (Phi) is 42.3. The van der Waals surface area contributed by atoms with Crippen LogP contribution in [0.2, 0.25) is 0 Å². The minimum absolute atomic E-state index is 0.0644. The molecule has 326 valence electrons. The summed E-state index contributed by atoms with van der Waals surface area (Å²) in [7, 11) is 0. The lowest BCUT2D eigenvalue weighted by atomic mass is 10.0. The minimum Gasteiger partial charge on any atom is -0.462 e. The first-order valence-corrected chi connectivity index (χ1v) is 24.4. The Morgan fingerprint density at radius 3 is 0.891 bits per heavy atom. The zero-order chi connectivity index (χ0) is 40.3. The number of hydrogen-bond donors (Lipinski definition) is 0. The maximum absolute atomic E-state index is 12.7. The van der Waals surface area contributed by atoms with Crippen LogP contribution in [0.4, 0.5) is 0 Å². The lowest BCUT2D eigenvalue weighted by Crippen LogP contribution is -2.30. The van der Waals surface area contributed by atoms with Crippen molar-refractivity contribution in [1.29, 1.82) is 0 Å². The van der Waals surface area contributed by atoms with Crippen molar-refractivity contribution in [3.63, 3.8) is 0 Å². The second-order valence-electron chi connectivity index (χ2n) is 17.2. The van der Waals surface area contributed by atoms with Gasteiger partial charge in [0.2, 0.25) is 0 Å². The lowest BCUT2D eigenvalue weighted by Gasteiger charge is -2.18. The molecule has 0 aliphatic carbocycles. The summed E-state index contributed by atoms with van der Waals surface area (Å²) in [5.74, 6) is -0.0391. The molecule has 0 saturated heterocycles. The van der Waals surface area contributed by atoms with Crippen LogP contribution in [0.3, 0.4) is 0 Å². The Balaban J connectivity index is 4.12. The molecule has 0 heterocycles. The summed E-state index contributed by atoms with van der Waals surface area (Å²) >= 11 is 0. The summed E-state index contributed by atoms with van der Waals surface area (Å²) in [6, 6.07) is 0. The van der Waals surface area contributed by atoms with Gasteiger partial charge < -0.3 is 14.2 Å². The Labute approximate surface area is 342 Å². The highest BCUT2D eigenvalue weighted by molar-refractivity contribution is 5.71. The molecule has 1 atom stereocenters. The number of carbonyl (C=O) groups is 3. The van der Waals surface area contributed by atoms with E-state index in [1.807, 2.05) is 0 Å². The molecule has 0 saturated carbocycles. The van der Waals surface area contributed by atoms with Gasteiger partial charge in [0.1, 0.15) is 13.2 Å². The molecule has 0 aliphatic heterocycles. The monoisotopic (exact) mass is 779 g/mol. The summed E-state index contributed by atoms with van der Waals surface area (Å²) in [4.78, 5) is 37.5. The summed E-state index contributed by atoms with van der Waals surface area (Å²) in [6.07, 6.45) is 44.1. The number of esters is 3. The van der Waals surface area contributed by atoms with E-state index in [4.69, 9.17) is 14.2 Å². The van der Waals surface area contributed by atoms with Crippen molar-refractivity contribution in [3.05, 3.63) is 0 Å². The van der Waals surface area contributed by atoms with Crippen molar-refractivity contribution < 1.29 is 28.6 Å². The Morgan fingerprint density at radius 1 is 0.345 bits per heavy atom. The van der Waals surface area contributed by atoms with Gasteiger partial charge in [0.25, 0.3) is 0 Å². The number of carbonyl (C=O) groups excluding carboxylic acids is 3. The first-order valence-electron chi connectivity index (χ1n) is 24.4. The quantitative estimate of drug-likeness (QED) is 0.0348. The third-order valence-corrected chi connectivity index (χ3v) is 11.0. The van der Waals surface area contributed by atoms with Gasteiger partial charge in [-0.05, 0) is 25.2 Å². The van der Waals surface area contributed by atoms with Crippen molar-refractivity contribution in [2.45, 2.75) is 278 Å². The van der Waals surface area contributed by atoms with Gasteiger partial charge in [-0.3, -0.25) is 14.4 Å². The van der Waals surface area contributed by atoms with Gasteiger partial charge in [0.05, 0.1) is 0 Å². The maximum Gasteiger partial charge on any atom is 0.306 e. The highest BCUT2D eigenvalue weighted by Crippen LogP contribution is 2.17. The standard InChI is InChI=1S/C49H94O6/c1-5-7-9-11-12-13-14-15-16-17-18-19-20-23-26-29-33-37-41-48(51)54-44-46(43-53-47(50)40-36-31-10-8-6-2)55-49(52)42-38-34-30-27-24-21-22-25-28-32-35-39-45(3)4/h45-46H,5-44H2,1-4H3/t46-/m1/s1. The smallest absolute Gasteiger partial charge is 0.306 e. The molecule has 55 heavy (non-hydrogen) atoms. The van der Waals surface area contributed by atoms with Crippen LogP contribution >= 0.6 is 0 Å². The normalized spacial score (nSPS) is 11.9. The summed E-state index contributed by atoms with van der Waals surface area (Å²) < 4.78 is 16.6. The van der Waals surface area contributed by atoms with Crippen LogP contribution < -0.4 is 0 Å². The Morgan fingerprint density at radius 2 is 0.600 bits per heavy atom. The van der Waals surface area contributed by atoms with Crippen LogP contribution in [0.25, 0.3) is 0 Å². The molecular weight excluding hydrogens is 685 g/mol. The van der Waals surface area contributed by atoms with Crippen LogP contribution in [0.1, 0.15) is 272 Å². The summed E-state index contributed by atoms with van der Waals surface area (Å²) in [6.45, 7) is 8.93. The molecule has 0 aromatic heterocycles. The average Bonchev–Trinajstić information content (AvgIpc) is 3.17. The third-order valence-electron chi connectivity index (χ3n) is 11.0. The highest BCUT2D eigenvalue weighted by atomic mass is 16.6. The van der Waals surface area contributed by atoms with Crippen LogP contribution in [-0.4, -0.2) is 37.2 Å². The molecule has 0 fully saturated rings. The van der Waals surface area contributed by atoms with E-state index in [0.717, 1.165) is 70.1 Å². The fraction of sp³-hybridized carbons (Fsp3) is 0.939. The molecule has 0 unspecified atom stereocenters. The first-order chi connectivity index (χ1) is 26.9. The van der Waals surface area contributed by atoms with Crippen molar-refractivity contribution in [2.24, 2.45) is 5.92 Å². The van der Waals surface area contributed by atoms with Crippen LogP contribution in [0, 0.1) is 5.92 Å². The molecule has 0 radical (unpaired) electrons. The fourth-order valence-corrected chi connectivity index (χ4v) is 7.33. The predicted octanol–water partition coefficient (Wildman–Crippen LogP) is 15.5. The molecule has 0 aromatic carbocycles. The van der Waals surface area contributed by atoms with Crippen molar-refractivity contribution >= 4 is 17.9 Å². The molecule has 0 aliphatic rings. The van der Waals surface area contributed by atoms with Gasteiger partial charge in [-0.2, -0.15) is 0 Å². The number of unbranched alkanes of at least 4 members (excludes halogenated alkanes) is 31. The van der Waals surface area contributed by atoms with E-state index in [2.05, 4.69) is 27.7 Å². The van der Waals surface area contributed by atoms with E-state index < -0.39 is 6.10 Å². The van der Waals surface area contributed by atoms with Crippen LogP contribution in [-0.2, 0) is 28.6 Å². The SMILES string of the molecule is CCCCCCCCCCCCCCCCCCCCC(=O)OC[C@@H](COC(=O)CCCCCCC)OC(=O)CCCCCCCCCCCCCC(C)C. The lowest BCUT2D eigenvalue weighted by molar-refractivity contribution is -0.167. The Hall–Kier alpha value is -1.59. The second kappa shape index (κ2) is 43.5. The number of rotatable bonds is 44. The van der Waals surface area contributed by atoms with E-state index in [1.165, 1.54) is 161 Å². The van der Waals surface area contributed by atoms with E-state index in [1.54, 1.807) is 0 Å². The highest BCUT2D eigenvalue weighted by Gasteiger charge is 2.19. The Bertz CT molecular complexity index is 826. The van der Waals surface area contributed by atoms with Crippen LogP contribution in [0.15, 0.2) is 0 Å². The summed E-state index contributed by atoms with van der Waals surface area (Å²) in [5, 5.41) is 0. The minimum atomic E-state index is -0.758. The van der Waals surface area contributed by atoms with E-state index in [-0.39, 0.29) is 31.1 Å². The average molecular weight is 779 g/mol. The molecule has 0 rings (SSSR count). The summed E-state index contributed by atoms with van der Waals surface area (Å²) in [5.41, 5.74) is 0. The van der Waals surface area contributed by atoms with Crippen molar-refractivity contribution in [3.8, 4) is 0 Å². The van der Waals surface area contributed by atoms with Gasteiger partial charge in [-0.25, -0.2) is 0 Å². The topological polar surface area (TPSA) is 78.9 Å². The van der Waals surface area contributed by atoms with Gasteiger partial charge in [-0.1, -0.05) is 233 Å². The predicted molar refractivity (Wildman–Crippen MR) is 233 cm³/mol. The van der Waals surface area contributed by atoms with E-state index >= 15 is 0 Å². The number of ether oxygens (including phenoxy) is 3. The van der Waals surface area contributed by atoms with Gasteiger partial charge >= 0.3 is 17.9 Å². The van der Waals surface area contributed by atoms with Gasteiger partial charge in [0, 0.05) is 19.3 Å². The molecule has 6 heteroatoms. The first kappa shape index (κ1) is 53.4. The van der Waals surface area contributed by atoms with E-state index in [0.29, 0.717) is 19.3 Å². The zero-order valence-corrected chi connectivity index (χ0v) is 37.4. The molecule has 0 N–H and O–H groups in total. The molecule has 0 bridgehead atoms. The second-order valence-corrected chi connectivity index (χ2v) is 17.2. The third kappa shape index (κ3) is 43.4. The largest absolute Gasteiger partial charge is 0.462 e. The van der Waals surface area contributed by atoms with Gasteiger partial charge in [0.15, 0.2) is 6.10 Å². The fourth-order valence-electron chi connectivity index (χ4n) is 7.33. The number of hydrogen-bond acceptors (Lipinski definition) is 6. The van der Waals surface area contributed by atoms with Crippen LogP contribution in [0.5, 0.6) is 0 Å². The van der Waals surface area contributed by atoms with E-state index in [9.17, 15) is 14.4 Å². The van der Waals surface area contributed by atoms with Crippen molar-refractivity contribution in [2.75, 3.05) is 13.2 Å². The van der Waals surface area contributed by atoms with Gasteiger partial charge in [-0.15, -0.1) is 0 Å². The van der Waals surface area contributed by atoms with Crippen molar-refractivity contribution in [1.82, 2.24) is 0 Å². The molecule has 0 spiro atoms. The molecule has 0 aromatic rings. The zero-order valence-electron chi connectivity index (χ0n) is 37.4. The molecule has 6 nitrogen and oxygen atoms in total.